The molecule has 2 heterocycles. The molecule has 0 aliphatic carbocycles. The zero-order valence-electron chi connectivity index (χ0n) is 11.4. The minimum absolute atomic E-state index is 0.00805. The second-order valence-electron chi connectivity index (χ2n) is 4.71. The first-order valence-corrected chi connectivity index (χ1v) is 7.56. The average Bonchev–Trinajstić information content (AvgIpc) is 3.12. The summed E-state index contributed by atoms with van der Waals surface area (Å²) in [6, 6.07) is 13.7. The van der Waals surface area contributed by atoms with Gasteiger partial charge in [0.15, 0.2) is 0 Å². The van der Waals surface area contributed by atoms with Gasteiger partial charge < -0.3 is 5.32 Å². The number of rotatable bonds is 5. The number of amides is 1. The molecule has 0 saturated carbocycles. The Kier molecular flexibility index (Phi) is 4.12. The van der Waals surface area contributed by atoms with Crippen molar-refractivity contribution in [1.82, 2.24) is 9.78 Å². The second-order valence-corrected chi connectivity index (χ2v) is 5.74. The topological polar surface area (TPSA) is 46.9 Å². The maximum absolute atomic E-state index is 12.0. The van der Waals surface area contributed by atoms with E-state index in [4.69, 9.17) is 0 Å². The van der Waals surface area contributed by atoms with Crippen molar-refractivity contribution in [3.8, 4) is 0 Å². The summed E-state index contributed by atoms with van der Waals surface area (Å²) in [6.07, 6.45) is 4.09. The van der Waals surface area contributed by atoms with Gasteiger partial charge in [0.25, 0.3) is 0 Å². The first-order chi connectivity index (χ1) is 10.3. The summed E-state index contributed by atoms with van der Waals surface area (Å²) in [5.74, 6) is 0.00805. The lowest BCUT2D eigenvalue weighted by Gasteiger charge is -2.07. The molecular weight excluding hydrogens is 282 g/mol. The minimum Gasteiger partial charge on any atom is -0.326 e. The smallest absolute Gasteiger partial charge is 0.229 e. The molecule has 0 aliphatic heterocycles. The molecule has 4 nitrogen and oxygen atoms in total. The molecule has 3 aromatic rings. The van der Waals surface area contributed by atoms with Crippen LogP contribution in [0.1, 0.15) is 10.4 Å². The number of hydrogen-bond donors (Lipinski definition) is 1. The number of carbonyl (C=O) groups excluding carboxylic acids is 1. The van der Waals surface area contributed by atoms with Crippen molar-refractivity contribution in [1.29, 1.82) is 0 Å². The number of hydrogen-bond acceptors (Lipinski definition) is 3. The first kappa shape index (κ1) is 13.6. The Morgan fingerprint density at radius 3 is 2.95 bits per heavy atom. The van der Waals surface area contributed by atoms with E-state index >= 15 is 0 Å². The number of carbonyl (C=O) groups is 1. The average molecular weight is 297 g/mol. The van der Waals surface area contributed by atoms with Crippen molar-refractivity contribution in [2.75, 3.05) is 5.32 Å². The molecule has 1 N–H and O–H groups in total. The monoisotopic (exact) mass is 297 g/mol. The Morgan fingerprint density at radius 2 is 2.19 bits per heavy atom. The quantitative estimate of drug-likeness (QED) is 0.786. The molecule has 0 radical (unpaired) electrons. The normalized spacial score (nSPS) is 10.5. The summed E-state index contributed by atoms with van der Waals surface area (Å²) in [4.78, 5) is 13.1. The van der Waals surface area contributed by atoms with Crippen LogP contribution in [0.15, 0.2) is 60.2 Å². The molecular formula is C16H15N3OS. The zero-order chi connectivity index (χ0) is 14.5. The highest BCUT2D eigenvalue weighted by Gasteiger charge is 2.05. The molecule has 21 heavy (non-hydrogen) atoms. The van der Waals surface area contributed by atoms with E-state index in [-0.39, 0.29) is 5.91 Å². The van der Waals surface area contributed by atoms with Gasteiger partial charge in [-0.05, 0) is 35.2 Å². The number of thiophene rings is 1. The lowest BCUT2D eigenvalue weighted by Crippen LogP contribution is -2.14. The Hall–Kier alpha value is -2.40. The summed E-state index contributed by atoms with van der Waals surface area (Å²) < 4.78 is 1.85. The fourth-order valence-corrected chi connectivity index (χ4v) is 2.81. The highest BCUT2D eigenvalue weighted by atomic mass is 32.1. The molecule has 5 heteroatoms. The van der Waals surface area contributed by atoms with E-state index in [2.05, 4.69) is 10.4 Å². The van der Waals surface area contributed by atoms with Gasteiger partial charge >= 0.3 is 0 Å². The Labute approximate surface area is 127 Å². The standard InChI is InChI=1S/C16H15N3OS/c20-16(11-15-6-2-9-21-15)18-14-5-1-4-13(10-14)12-19-8-3-7-17-19/h1-10H,11-12H2,(H,18,20). The van der Waals surface area contributed by atoms with E-state index in [0.717, 1.165) is 16.1 Å². The van der Waals surface area contributed by atoms with E-state index in [1.54, 1.807) is 17.5 Å². The van der Waals surface area contributed by atoms with Gasteiger partial charge in [0.05, 0.1) is 13.0 Å². The molecule has 0 fully saturated rings. The van der Waals surface area contributed by atoms with Crippen LogP contribution in [0.5, 0.6) is 0 Å². The number of aromatic nitrogens is 2. The van der Waals surface area contributed by atoms with Crippen LogP contribution in [0.4, 0.5) is 5.69 Å². The molecule has 106 valence electrons. The van der Waals surface area contributed by atoms with Crippen molar-refractivity contribution < 1.29 is 4.79 Å². The highest BCUT2D eigenvalue weighted by Crippen LogP contribution is 2.14. The Bertz CT molecular complexity index is 705. The Balaban J connectivity index is 1.64. The summed E-state index contributed by atoms with van der Waals surface area (Å²) in [6.45, 7) is 0.696. The molecule has 0 spiro atoms. The maximum atomic E-state index is 12.0. The van der Waals surface area contributed by atoms with Crippen LogP contribution in [0, 0.1) is 0 Å². The van der Waals surface area contributed by atoms with E-state index in [1.165, 1.54) is 0 Å². The van der Waals surface area contributed by atoms with Gasteiger partial charge in [0, 0.05) is 23.0 Å². The SMILES string of the molecule is O=C(Cc1cccs1)Nc1cccc(Cn2cccn2)c1. The highest BCUT2D eigenvalue weighted by molar-refractivity contribution is 7.10. The minimum atomic E-state index is 0.00805. The van der Waals surface area contributed by atoms with Crippen LogP contribution < -0.4 is 5.32 Å². The van der Waals surface area contributed by atoms with E-state index < -0.39 is 0 Å². The van der Waals surface area contributed by atoms with Crippen molar-refractivity contribution in [2.24, 2.45) is 0 Å². The van der Waals surface area contributed by atoms with Gasteiger partial charge in [0.2, 0.25) is 5.91 Å². The van der Waals surface area contributed by atoms with Gasteiger partial charge in [0.1, 0.15) is 0 Å². The third-order valence-corrected chi connectivity index (χ3v) is 3.91. The molecule has 0 saturated heterocycles. The van der Waals surface area contributed by atoms with Crippen molar-refractivity contribution in [3.63, 3.8) is 0 Å². The zero-order valence-corrected chi connectivity index (χ0v) is 12.2. The molecule has 1 amide bonds. The van der Waals surface area contributed by atoms with Gasteiger partial charge in [-0.25, -0.2) is 0 Å². The van der Waals surface area contributed by atoms with Crippen LogP contribution in [-0.2, 0) is 17.8 Å². The summed E-state index contributed by atoms with van der Waals surface area (Å²) in [5, 5.41) is 9.10. The van der Waals surface area contributed by atoms with E-state index in [9.17, 15) is 4.79 Å². The van der Waals surface area contributed by atoms with Crippen LogP contribution in [0.3, 0.4) is 0 Å². The van der Waals surface area contributed by atoms with Crippen LogP contribution in [-0.4, -0.2) is 15.7 Å². The summed E-state index contributed by atoms with van der Waals surface area (Å²) in [7, 11) is 0. The van der Waals surface area contributed by atoms with Gasteiger partial charge in [-0.1, -0.05) is 18.2 Å². The van der Waals surface area contributed by atoms with Crippen LogP contribution >= 0.6 is 11.3 Å². The molecule has 0 aliphatic rings. The molecule has 2 aromatic heterocycles. The fourth-order valence-electron chi connectivity index (χ4n) is 2.11. The molecule has 3 rings (SSSR count). The molecule has 0 atom stereocenters. The first-order valence-electron chi connectivity index (χ1n) is 6.68. The number of anilines is 1. The van der Waals surface area contributed by atoms with Gasteiger partial charge in [-0.15, -0.1) is 11.3 Å². The molecule has 0 bridgehead atoms. The predicted octanol–water partition coefficient (Wildman–Crippen LogP) is 3.17. The van der Waals surface area contributed by atoms with Gasteiger partial charge in [-0.2, -0.15) is 5.10 Å². The maximum Gasteiger partial charge on any atom is 0.229 e. The molecule has 1 aromatic carbocycles. The fraction of sp³-hybridized carbons (Fsp3) is 0.125. The lowest BCUT2D eigenvalue weighted by atomic mass is 10.2. The lowest BCUT2D eigenvalue weighted by molar-refractivity contribution is -0.115. The van der Waals surface area contributed by atoms with Crippen LogP contribution in [0.25, 0.3) is 0 Å². The van der Waals surface area contributed by atoms with Crippen molar-refractivity contribution >= 4 is 22.9 Å². The van der Waals surface area contributed by atoms with E-state index in [0.29, 0.717) is 13.0 Å². The van der Waals surface area contributed by atoms with Crippen molar-refractivity contribution in [2.45, 2.75) is 13.0 Å². The number of nitrogens with zero attached hydrogens (tertiary/aromatic N) is 2. The Morgan fingerprint density at radius 1 is 1.24 bits per heavy atom. The summed E-state index contributed by atoms with van der Waals surface area (Å²) in [5.41, 5.74) is 1.92. The van der Waals surface area contributed by atoms with E-state index in [1.807, 2.05) is 58.7 Å². The third kappa shape index (κ3) is 3.79. The number of benzene rings is 1. The third-order valence-electron chi connectivity index (χ3n) is 3.03. The van der Waals surface area contributed by atoms with Crippen LogP contribution in [0.2, 0.25) is 0 Å². The summed E-state index contributed by atoms with van der Waals surface area (Å²) >= 11 is 1.60. The largest absolute Gasteiger partial charge is 0.326 e. The van der Waals surface area contributed by atoms with Gasteiger partial charge in [-0.3, -0.25) is 9.48 Å². The molecule has 0 unspecified atom stereocenters. The number of nitrogens with one attached hydrogen (secondary N) is 1. The second kappa shape index (κ2) is 6.37. The van der Waals surface area contributed by atoms with Crippen molar-refractivity contribution in [3.05, 3.63) is 70.7 Å². The predicted molar refractivity (Wildman–Crippen MR) is 84.4 cm³/mol.